The number of nitrogens with two attached hydrogens (primary N) is 1. The molecule has 0 aliphatic rings. The molecule has 1 aromatic rings. The molecule has 1 aromatic carbocycles. The molecule has 0 fully saturated rings. The second-order valence-electron chi connectivity index (χ2n) is 4.59. The van der Waals surface area contributed by atoms with Crippen LogP contribution in [0.25, 0.3) is 0 Å². The molecule has 0 aromatic heterocycles. The lowest BCUT2D eigenvalue weighted by Crippen LogP contribution is -2.35. The molecule has 0 amide bonds. The first-order valence-electron chi connectivity index (χ1n) is 5.85. The number of nitrogens with zero attached hydrogens (tertiary/aromatic N) is 2. The molecule has 0 radical (unpaired) electrons. The van der Waals surface area contributed by atoms with Gasteiger partial charge in [-0.1, -0.05) is 12.1 Å². The van der Waals surface area contributed by atoms with E-state index >= 15 is 0 Å². The Labute approximate surface area is 118 Å². The summed E-state index contributed by atoms with van der Waals surface area (Å²) in [5.41, 5.74) is 7.21. The van der Waals surface area contributed by atoms with Crippen LogP contribution in [0.4, 0.5) is 0 Å². The largest absolute Gasteiger partial charge is 0.329 e. The van der Waals surface area contributed by atoms with E-state index in [1.54, 1.807) is 0 Å². The van der Waals surface area contributed by atoms with E-state index in [4.69, 9.17) is 5.73 Å². The maximum Gasteiger partial charge on any atom is 0.0468 e. The molecule has 96 valence electrons. The van der Waals surface area contributed by atoms with Crippen molar-refractivity contribution >= 4 is 22.6 Å². The lowest BCUT2D eigenvalue weighted by atomic mass is 10.1. The van der Waals surface area contributed by atoms with Gasteiger partial charge in [0.15, 0.2) is 0 Å². The van der Waals surface area contributed by atoms with Crippen LogP contribution in [-0.2, 0) is 0 Å². The van der Waals surface area contributed by atoms with Crippen molar-refractivity contribution in [2.45, 2.75) is 6.04 Å². The van der Waals surface area contributed by atoms with Crippen molar-refractivity contribution in [2.24, 2.45) is 5.73 Å². The van der Waals surface area contributed by atoms with Crippen LogP contribution in [-0.4, -0.2) is 50.6 Å². The normalized spacial score (nSPS) is 13.4. The Morgan fingerprint density at radius 2 is 1.94 bits per heavy atom. The van der Waals surface area contributed by atoms with Crippen molar-refractivity contribution in [3.63, 3.8) is 0 Å². The zero-order valence-corrected chi connectivity index (χ0v) is 13.0. The summed E-state index contributed by atoms with van der Waals surface area (Å²) < 4.78 is 1.26. The summed E-state index contributed by atoms with van der Waals surface area (Å²) in [6, 6.07) is 8.89. The summed E-state index contributed by atoms with van der Waals surface area (Å²) in [5, 5.41) is 0. The first-order valence-corrected chi connectivity index (χ1v) is 6.93. The number of halogens is 1. The van der Waals surface area contributed by atoms with Crippen LogP contribution in [0, 0.1) is 3.57 Å². The molecule has 4 heteroatoms. The molecule has 17 heavy (non-hydrogen) atoms. The van der Waals surface area contributed by atoms with Gasteiger partial charge in [0.2, 0.25) is 0 Å². The van der Waals surface area contributed by atoms with Crippen molar-refractivity contribution < 1.29 is 0 Å². The predicted octanol–water partition coefficient (Wildman–Crippen LogP) is 1.78. The molecule has 1 atom stereocenters. The molecule has 1 unspecified atom stereocenters. The van der Waals surface area contributed by atoms with Gasteiger partial charge in [0, 0.05) is 29.2 Å². The zero-order valence-electron chi connectivity index (χ0n) is 10.9. The highest BCUT2D eigenvalue weighted by Crippen LogP contribution is 2.19. The van der Waals surface area contributed by atoms with E-state index < -0.39 is 0 Å². The lowest BCUT2D eigenvalue weighted by molar-refractivity contribution is 0.223. The summed E-state index contributed by atoms with van der Waals surface area (Å²) in [6.45, 7) is 2.74. The van der Waals surface area contributed by atoms with Crippen molar-refractivity contribution in [1.29, 1.82) is 0 Å². The van der Waals surface area contributed by atoms with Gasteiger partial charge in [-0.05, 0) is 61.4 Å². The molecule has 0 bridgehead atoms. The van der Waals surface area contributed by atoms with Crippen molar-refractivity contribution in [3.05, 3.63) is 33.4 Å². The summed E-state index contributed by atoms with van der Waals surface area (Å²) in [6.07, 6.45) is 0. The Morgan fingerprint density at radius 1 is 1.24 bits per heavy atom. The predicted molar refractivity (Wildman–Crippen MR) is 82.1 cm³/mol. The molecule has 0 heterocycles. The molecule has 0 saturated heterocycles. The van der Waals surface area contributed by atoms with Crippen LogP contribution < -0.4 is 5.73 Å². The second kappa shape index (κ2) is 7.31. The van der Waals surface area contributed by atoms with Crippen LogP contribution in [0.15, 0.2) is 24.3 Å². The fourth-order valence-corrected chi connectivity index (χ4v) is 2.37. The molecule has 0 aliphatic carbocycles. The molecule has 3 nitrogen and oxygen atoms in total. The van der Waals surface area contributed by atoms with Gasteiger partial charge in [-0.2, -0.15) is 0 Å². The Morgan fingerprint density at radius 3 is 2.47 bits per heavy atom. The Bertz CT molecular complexity index is 341. The third-order valence-corrected chi connectivity index (χ3v) is 3.56. The van der Waals surface area contributed by atoms with Gasteiger partial charge in [0.25, 0.3) is 0 Å². The van der Waals surface area contributed by atoms with Crippen molar-refractivity contribution in [3.8, 4) is 0 Å². The molecule has 0 aliphatic heterocycles. The maximum absolute atomic E-state index is 5.90. The quantitative estimate of drug-likeness (QED) is 0.797. The van der Waals surface area contributed by atoms with Gasteiger partial charge in [-0.3, -0.25) is 4.90 Å². The Balaban J connectivity index is 2.70. The number of rotatable bonds is 6. The lowest BCUT2D eigenvalue weighted by Gasteiger charge is -2.28. The fourth-order valence-electron chi connectivity index (χ4n) is 1.80. The zero-order chi connectivity index (χ0) is 12.8. The van der Waals surface area contributed by atoms with Crippen molar-refractivity contribution in [1.82, 2.24) is 9.80 Å². The third-order valence-electron chi connectivity index (χ3n) is 2.89. The third kappa shape index (κ3) is 4.91. The van der Waals surface area contributed by atoms with Gasteiger partial charge < -0.3 is 10.6 Å². The number of hydrogen-bond donors (Lipinski definition) is 1. The van der Waals surface area contributed by atoms with E-state index in [9.17, 15) is 0 Å². The van der Waals surface area contributed by atoms with Crippen LogP contribution in [0.2, 0.25) is 0 Å². The van der Waals surface area contributed by atoms with Crippen LogP contribution >= 0.6 is 22.6 Å². The Kier molecular flexibility index (Phi) is 6.40. The van der Waals surface area contributed by atoms with Gasteiger partial charge in [0.05, 0.1) is 0 Å². The number of hydrogen-bond acceptors (Lipinski definition) is 3. The first-order chi connectivity index (χ1) is 8.04. The van der Waals surface area contributed by atoms with E-state index in [1.807, 2.05) is 0 Å². The van der Waals surface area contributed by atoms with E-state index in [1.165, 1.54) is 9.13 Å². The highest BCUT2D eigenvalue weighted by molar-refractivity contribution is 14.1. The van der Waals surface area contributed by atoms with Crippen molar-refractivity contribution in [2.75, 3.05) is 40.8 Å². The van der Waals surface area contributed by atoms with E-state index in [0.29, 0.717) is 12.6 Å². The van der Waals surface area contributed by atoms with Gasteiger partial charge in [-0.25, -0.2) is 0 Å². The van der Waals surface area contributed by atoms with Gasteiger partial charge >= 0.3 is 0 Å². The van der Waals surface area contributed by atoms with E-state index in [0.717, 1.165) is 13.1 Å². The van der Waals surface area contributed by atoms with Crippen LogP contribution in [0.3, 0.4) is 0 Å². The molecule has 2 N–H and O–H groups in total. The summed E-state index contributed by atoms with van der Waals surface area (Å²) in [7, 11) is 6.33. The van der Waals surface area contributed by atoms with Gasteiger partial charge in [-0.15, -0.1) is 0 Å². The first kappa shape index (κ1) is 14.9. The highest BCUT2D eigenvalue weighted by Gasteiger charge is 2.15. The summed E-state index contributed by atoms with van der Waals surface area (Å²) >= 11 is 2.34. The Hall–Kier alpha value is -0.170. The van der Waals surface area contributed by atoms with Crippen LogP contribution in [0.5, 0.6) is 0 Å². The highest BCUT2D eigenvalue weighted by atomic mass is 127. The smallest absolute Gasteiger partial charge is 0.0468 e. The topological polar surface area (TPSA) is 32.5 Å². The molecular weight excluding hydrogens is 325 g/mol. The standard InChI is InChI=1S/C13H22IN3/c1-16(2)7-8-17(3)13(10-15)11-5-4-6-12(14)9-11/h4-6,9,13H,7-8,10,15H2,1-3H3. The SMILES string of the molecule is CN(C)CCN(C)C(CN)c1cccc(I)c1. The van der Waals surface area contributed by atoms with Crippen LogP contribution in [0.1, 0.15) is 11.6 Å². The fraction of sp³-hybridized carbons (Fsp3) is 0.538. The molecule has 1 rings (SSSR count). The average Bonchev–Trinajstić information content (AvgIpc) is 2.27. The molecule has 0 spiro atoms. The summed E-state index contributed by atoms with van der Waals surface area (Å²) in [4.78, 5) is 4.52. The molecular formula is C13H22IN3. The minimum absolute atomic E-state index is 0.310. The summed E-state index contributed by atoms with van der Waals surface area (Å²) in [5.74, 6) is 0. The van der Waals surface area contributed by atoms with Gasteiger partial charge in [0.1, 0.15) is 0 Å². The van der Waals surface area contributed by atoms with E-state index in [2.05, 4.69) is 77.8 Å². The average molecular weight is 347 g/mol. The second-order valence-corrected chi connectivity index (χ2v) is 5.84. The monoisotopic (exact) mass is 347 g/mol. The maximum atomic E-state index is 5.90. The minimum atomic E-state index is 0.310. The minimum Gasteiger partial charge on any atom is -0.329 e. The number of likely N-dealkylation sites (N-methyl/N-ethyl adjacent to an activating group) is 2. The molecule has 0 saturated carbocycles. The number of benzene rings is 1. The van der Waals surface area contributed by atoms with E-state index in [-0.39, 0.29) is 0 Å².